The third kappa shape index (κ3) is 3.57. The van der Waals surface area contributed by atoms with Crippen LogP contribution >= 0.6 is 0 Å². The molecule has 1 aromatic carbocycles. The van der Waals surface area contributed by atoms with Gasteiger partial charge in [0.1, 0.15) is 6.04 Å². The molecule has 4 rings (SSSR count). The number of likely N-dealkylation sites (tertiary alicyclic amines) is 1. The van der Waals surface area contributed by atoms with Crippen molar-refractivity contribution >= 4 is 17.5 Å². The molecule has 1 atom stereocenters. The van der Waals surface area contributed by atoms with Crippen LogP contribution in [0.3, 0.4) is 0 Å². The molecule has 25 heavy (non-hydrogen) atoms. The van der Waals surface area contributed by atoms with Crippen LogP contribution in [0.15, 0.2) is 42.7 Å². The standard InChI is InChI=1S/C19H22N4O2/c24-18(12-14-7-8-14)22-10-2-6-17(22)19(25)21-15-4-1-5-16(13-15)23-11-3-9-20-23/h1,3-5,9,11,13-14,17H,2,6-8,10,12H2,(H,21,25). The molecule has 1 unspecified atom stereocenters. The SMILES string of the molecule is O=C(Nc1cccc(-n2cccn2)c1)C1CCCN1C(=O)CC1CC1. The number of nitrogens with one attached hydrogen (secondary N) is 1. The smallest absolute Gasteiger partial charge is 0.247 e. The predicted octanol–water partition coefficient (Wildman–Crippen LogP) is 2.60. The molecular formula is C19H22N4O2. The van der Waals surface area contributed by atoms with Crippen molar-refractivity contribution in [2.75, 3.05) is 11.9 Å². The fraction of sp³-hybridized carbons (Fsp3) is 0.421. The molecule has 6 nitrogen and oxygen atoms in total. The quantitative estimate of drug-likeness (QED) is 0.911. The lowest BCUT2D eigenvalue weighted by Gasteiger charge is -2.24. The summed E-state index contributed by atoms with van der Waals surface area (Å²) in [5, 5.41) is 7.17. The Labute approximate surface area is 146 Å². The molecule has 2 amide bonds. The predicted molar refractivity (Wildman–Crippen MR) is 94.3 cm³/mol. The molecule has 2 heterocycles. The van der Waals surface area contributed by atoms with Crippen molar-refractivity contribution in [1.29, 1.82) is 0 Å². The molecule has 1 aromatic heterocycles. The maximum Gasteiger partial charge on any atom is 0.247 e. The molecule has 2 fully saturated rings. The molecule has 0 bridgehead atoms. The maximum atomic E-state index is 12.7. The van der Waals surface area contributed by atoms with Gasteiger partial charge in [0.05, 0.1) is 5.69 Å². The Morgan fingerprint density at radius 2 is 2.08 bits per heavy atom. The van der Waals surface area contributed by atoms with E-state index < -0.39 is 0 Å². The minimum absolute atomic E-state index is 0.0979. The Kier molecular flexibility index (Phi) is 4.26. The molecule has 1 saturated heterocycles. The second-order valence-corrected chi connectivity index (χ2v) is 6.88. The zero-order chi connectivity index (χ0) is 17.2. The van der Waals surface area contributed by atoms with Gasteiger partial charge < -0.3 is 10.2 Å². The van der Waals surface area contributed by atoms with Crippen molar-refractivity contribution in [3.63, 3.8) is 0 Å². The van der Waals surface area contributed by atoms with Crippen molar-refractivity contribution in [1.82, 2.24) is 14.7 Å². The van der Waals surface area contributed by atoms with Gasteiger partial charge in [0, 0.05) is 31.0 Å². The van der Waals surface area contributed by atoms with Crippen molar-refractivity contribution in [2.45, 2.75) is 38.1 Å². The van der Waals surface area contributed by atoms with Gasteiger partial charge in [0.15, 0.2) is 0 Å². The highest BCUT2D eigenvalue weighted by atomic mass is 16.2. The first-order valence-corrected chi connectivity index (χ1v) is 8.91. The second-order valence-electron chi connectivity index (χ2n) is 6.88. The lowest BCUT2D eigenvalue weighted by molar-refractivity contribution is -0.136. The minimum Gasteiger partial charge on any atom is -0.331 e. The van der Waals surface area contributed by atoms with E-state index in [4.69, 9.17) is 0 Å². The number of amides is 2. The summed E-state index contributed by atoms with van der Waals surface area (Å²) in [6.07, 6.45) is 8.10. The summed E-state index contributed by atoms with van der Waals surface area (Å²) in [4.78, 5) is 26.9. The zero-order valence-corrected chi connectivity index (χ0v) is 14.1. The van der Waals surface area contributed by atoms with Gasteiger partial charge in [-0.3, -0.25) is 9.59 Å². The van der Waals surface area contributed by atoms with Crippen LogP contribution in [0.5, 0.6) is 0 Å². The molecule has 1 N–H and O–H groups in total. The van der Waals surface area contributed by atoms with Crippen LogP contribution in [0, 0.1) is 5.92 Å². The van der Waals surface area contributed by atoms with Gasteiger partial charge in [-0.25, -0.2) is 4.68 Å². The molecule has 2 aliphatic rings. The van der Waals surface area contributed by atoms with Gasteiger partial charge in [0.2, 0.25) is 11.8 Å². The summed E-state index contributed by atoms with van der Waals surface area (Å²) in [7, 11) is 0. The van der Waals surface area contributed by atoms with Gasteiger partial charge in [-0.2, -0.15) is 5.10 Å². The highest BCUT2D eigenvalue weighted by Gasteiger charge is 2.36. The molecular weight excluding hydrogens is 316 g/mol. The number of benzene rings is 1. The lowest BCUT2D eigenvalue weighted by atomic mass is 10.1. The lowest BCUT2D eigenvalue weighted by Crippen LogP contribution is -2.43. The van der Waals surface area contributed by atoms with Crippen LogP contribution in [-0.2, 0) is 9.59 Å². The van der Waals surface area contributed by atoms with E-state index in [9.17, 15) is 9.59 Å². The topological polar surface area (TPSA) is 67.2 Å². The summed E-state index contributed by atoms with van der Waals surface area (Å²) in [6.45, 7) is 0.691. The van der Waals surface area contributed by atoms with E-state index in [0.29, 0.717) is 18.9 Å². The van der Waals surface area contributed by atoms with Crippen LogP contribution in [0.1, 0.15) is 32.1 Å². The fourth-order valence-corrected chi connectivity index (χ4v) is 3.40. The van der Waals surface area contributed by atoms with Gasteiger partial charge in [-0.15, -0.1) is 0 Å². The van der Waals surface area contributed by atoms with Crippen molar-refractivity contribution in [3.8, 4) is 5.69 Å². The molecule has 1 saturated carbocycles. The number of aromatic nitrogens is 2. The third-order valence-electron chi connectivity index (χ3n) is 4.92. The second kappa shape index (κ2) is 6.70. The Morgan fingerprint density at radius 1 is 1.20 bits per heavy atom. The summed E-state index contributed by atoms with van der Waals surface area (Å²) in [6, 6.07) is 9.07. The summed E-state index contributed by atoms with van der Waals surface area (Å²) < 4.78 is 1.75. The number of hydrogen-bond donors (Lipinski definition) is 1. The fourth-order valence-electron chi connectivity index (χ4n) is 3.40. The number of carbonyl (C=O) groups is 2. The average molecular weight is 338 g/mol. The summed E-state index contributed by atoms with van der Waals surface area (Å²) in [5.41, 5.74) is 1.61. The normalized spacial score (nSPS) is 19.8. The molecule has 130 valence electrons. The van der Waals surface area contributed by atoms with E-state index in [1.54, 1.807) is 15.8 Å². The molecule has 2 aromatic rings. The summed E-state index contributed by atoms with van der Waals surface area (Å²) >= 11 is 0. The average Bonchev–Trinajstić information content (AvgIpc) is 3.10. The van der Waals surface area contributed by atoms with E-state index in [1.807, 2.05) is 36.5 Å². The van der Waals surface area contributed by atoms with E-state index in [2.05, 4.69) is 10.4 Å². The maximum absolute atomic E-state index is 12.7. The first kappa shape index (κ1) is 15.9. The van der Waals surface area contributed by atoms with Crippen molar-refractivity contribution in [2.24, 2.45) is 5.92 Å². The highest BCUT2D eigenvalue weighted by molar-refractivity contribution is 5.97. The van der Waals surface area contributed by atoms with Crippen molar-refractivity contribution < 1.29 is 9.59 Å². The van der Waals surface area contributed by atoms with Crippen LogP contribution in [0.4, 0.5) is 5.69 Å². The molecule has 0 spiro atoms. The minimum atomic E-state index is -0.348. The number of hydrogen-bond acceptors (Lipinski definition) is 3. The number of rotatable bonds is 5. The van der Waals surface area contributed by atoms with Gasteiger partial charge in [-0.1, -0.05) is 6.07 Å². The van der Waals surface area contributed by atoms with E-state index in [1.165, 1.54) is 0 Å². The van der Waals surface area contributed by atoms with Crippen LogP contribution in [-0.4, -0.2) is 39.1 Å². The van der Waals surface area contributed by atoms with Gasteiger partial charge in [-0.05, 0) is 55.9 Å². The Morgan fingerprint density at radius 3 is 2.84 bits per heavy atom. The first-order valence-electron chi connectivity index (χ1n) is 8.91. The Hall–Kier alpha value is -2.63. The van der Waals surface area contributed by atoms with Crippen LogP contribution < -0.4 is 5.32 Å². The van der Waals surface area contributed by atoms with E-state index in [-0.39, 0.29) is 17.9 Å². The number of nitrogens with zero attached hydrogens (tertiary/aromatic N) is 3. The monoisotopic (exact) mass is 338 g/mol. The third-order valence-corrected chi connectivity index (χ3v) is 4.92. The zero-order valence-electron chi connectivity index (χ0n) is 14.1. The van der Waals surface area contributed by atoms with Crippen LogP contribution in [0.25, 0.3) is 5.69 Å². The highest BCUT2D eigenvalue weighted by Crippen LogP contribution is 2.34. The van der Waals surface area contributed by atoms with Gasteiger partial charge >= 0.3 is 0 Å². The van der Waals surface area contributed by atoms with Gasteiger partial charge in [0.25, 0.3) is 0 Å². The largest absolute Gasteiger partial charge is 0.331 e. The van der Waals surface area contributed by atoms with E-state index in [0.717, 1.165) is 37.1 Å². The molecule has 0 radical (unpaired) electrons. The number of carbonyl (C=O) groups excluding carboxylic acids is 2. The molecule has 6 heteroatoms. The summed E-state index contributed by atoms with van der Waals surface area (Å²) in [5.74, 6) is 0.576. The first-order chi connectivity index (χ1) is 12.2. The molecule has 1 aliphatic carbocycles. The van der Waals surface area contributed by atoms with Crippen LogP contribution in [0.2, 0.25) is 0 Å². The van der Waals surface area contributed by atoms with Crippen molar-refractivity contribution in [3.05, 3.63) is 42.7 Å². The Balaban J connectivity index is 1.44. The van der Waals surface area contributed by atoms with E-state index >= 15 is 0 Å². The molecule has 1 aliphatic heterocycles. The number of anilines is 1. The Bertz CT molecular complexity index is 767.